The number of carboxylic acids is 1. The van der Waals surface area contributed by atoms with Crippen LogP contribution in [-0.4, -0.2) is 29.1 Å². The average molecular weight is 281 g/mol. The lowest BCUT2D eigenvalue weighted by molar-refractivity contribution is 0.0697. The summed E-state index contributed by atoms with van der Waals surface area (Å²) in [6.45, 7) is 3.13. The normalized spacial score (nSPS) is 14.7. The molecule has 1 aliphatic heterocycles. The van der Waals surface area contributed by atoms with Crippen LogP contribution in [0.5, 0.6) is 0 Å². The van der Waals surface area contributed by atoms with Gasteiger partial charge < -0.3 is 5.11 Å². The van der Waals surface area contributed by atoms with E-state index in [0.29, 0.717) is 5.56 Å². The Morgan fingerprint density at radius 2 is 1.76 bits per heavy atom. The maximum Gasteiger partial charge on any atom is 0.335 e. The summed E-state index contributed by atoms with van der Waals surface area (Å²) < 4.78 is 0. The molecule has 0 saturated heterocycles. The van der Waals surface area contributed by atoms with Crippen molar-refractivity contribution >= 4 is 5.97 Å². The standard InChI is InChI=1S/C18H19NO2/c20-18(21)16-7-5-14(6-8-16)9-11-19-12-10-15-3-1-2-4-17(15)13-19/h1-8H,9-13H2,(H,20,21). The first-order valence-electron chi connectivity index (χ1n) is 7.34. The summed E-state index contributed by atoms with van der Waals surface area (Å²) in [4.78, 5) is 13.3. The van der Waals surface area contributed by atoms with Gasteiger partial charge in [0.25, 0.3) is 0 Å². The monoisotopic (exact) mass is 281 g/mol. The van der Waals surface area contributed by atoms with Crippen molar-refractivity contribution in [1.29, 1.82) is 0 Å². The van der Waals surface area contributed by atoms with Crippen molar-refractivity contribution in [3.63, 3.8) is 0 Å². The van der Waals surface area contributed by atoms with E-state index in [9.17, 15) is 4.79 Å². The Hall–Kier alpha value is -2.13. The summed E-state index contributed by atoms with van der Waals surface area (Å²) in [5.74, 6) is -0.866. The lowest BCUT2D eigenvalue weighted by Crippen LogP contribution is -2.32. The van der Waals surface area contributed by atoms with Gasteiger partial charge in [-0.1, -0.05) is 36.4 Å². The summed E-state index contributed by atoms with van der Waals surface area (Å²) in [7, 11) is 0. The molecule has 3 rings (SSSR count). The molecule has 2 aromatic carbocycles. The number of aromatic carboxylic acids is 1. The van der Waals surface area contributed by atoms with Crippen molar-refractivity contribution in [2.45, 2.75) is 19.4 Å². The molecule has 0 fully saturated rings. The molecule has 3 heteroatoms. The largest absolute Gasteiger partial charge is 0.478 e. The summed E-state index contributed by atoms with van der Waals surface area (Å²) in [5, 5.41) is 8.89. The molecule has 2 aromatic rings. The van der Waals surface area contributed by atoms with Crippen molar-refractivity contribution in [1.82, 2.24) is 4.90 Å². The fraction of sp³-hybridized carbons (Fsp3) is 0.278. The second kappa shape index (κ2) is 6.10. The van der Waals surface area contributed by atoms with Crippen LogP contribution < -0.4 is 0 Å². The number of fused-ring (bicyclic) bond motifs is 1. The predicted octanol–water partition coefficient (Wildman–Crippen LogP) is 2.99. The topological polar surface area (TPSA) is 40.5 Å². The minimum absolute atomic E-state index is 0.352. The second-order valence-corrected chi connectivity index (χ2v) is 5.55. The molecule has 0 aromatic heterocycles. The van der Waals surface area contributed by atoms with Crippen LogP contribution in [0.4, 0.5) is 0 Å². The smallest absolute Gasteiger partial charge is 0.335 e. The van der Waals surface area contributed by atoms with Gasteiger partial charge in [0, 0.05) is 19.6 Å². The Morgan fingerprint density at radius 3 is 2.48 bits per heavy atom. The molecular formula is C18H19NO2. The number of hydrogen-bond acceptors (Lipinski definition) is 2. The molecule has 21 heavy (non-hydrogen) atoms. The van der Waals surface area contributed by atoms with Crippen LogP contribution in [0.3, 0.4) is 0 Å². The Balaban J connectivity index is 1.57. The first kappa shape index (κ1) is 13.8. The van der Waals surface area contributed by atoms with E-state index in [4.69, 9.17) is 5.11 Å². The zero-order valence-electron chi connectivity index (χ0n) is 12.0. The minimum Gasteiger partial charge on any atom is -0.478 e. The molecular weight excluding hydrogens is 262 g/mol. The maximum atomic E-state index is 10.8. The lowest BCUT2D eigenvalue weighted by atomic mass is 9.99. The van der Waals surface area contributed by atoms with Crippen LogP contribution in [0.2, 0.25) is 0 Å². The summed E-state index contributed by atoms with van der Waals surface area (Å²) in [6.07, 6.45) is 2.08. The van der Waals surface area contributed by atoms with Crippen LogP contribution in [0.15, 0.2) is 48.5 Å². The van der Waals surface area contributed by atoms with Crippen molar-refractivity contribution in [2.75, 3.05) is 13.1 Å². The van der Waals surface area contributed by atoms with Crippen molar-refractivity contribution < 1.29 is 9.90 Å². The molecule has 1 N–H and O–H groups in total. The fourth-order valence-electron chi connectivity index (χ4n) is 2.85. The van der Waals surface area contributed by atoms with E-state index in [1.54, 1.807) is 12.1 Å². The minimum atomic E-state index is -0.866. The summed E-state index contributed by atoms with van der Waals surface area (Å²) in [5.41, 5.74) is 4.45. The third-order valence-electron chi connectivity index (χ3n) is 4.13. The Labute approximate surface area is 124 Å². The van der Waals surface area contributed by atoms with E-state index in [2.05, 4.69) is 29.2 Å². The van der Waals surface area contributed by atoms with Crippen molar-refractivity contribution in [3.8, 4) is 0 Å². The number of benzene rings is 2. The van der Waals surface area contributed by atoms with Gasteiger partial charge in [-0.2, -0.15) is 0 Å². The van der Waals surface area contributed by atoms with Crippen LogP contribution in [-0.2, 0) is 19.4 Å². The predicted molar refractivity (Wildman–Crippen MR) is 82.5 cm³/mol. The molecule has 0 atom stereocenters. The van der Waals surface area contributed by atoms with E-state index in [0.717, 1.165) is 32.5 Å². The highest BCUT2D eigenvalue weighted by Crippen LogP contribution is 2.18. The van der Waals surface area contributed by atoms with Gasteiger partial charge in [0.2, 0.25) is 0 Å². The van der Waals surface area contributed by atoms with Crippen LogP contribution >= 0.6 is 0 Å². The van der Waals surface area contributed by atoms with Crippen LogP contribution in [0.1, 0.15) is 27.0 Å². The third kappa shape index (κ3) is 3.31. The SMILES string of the molecule is O=C(O)c1ccc(CCN2CCc3ccccc3C2)cc1. The van der Waals surface area contributed by atoms with Crippen LogP contribution in [0, 0.1) is 0 Å². The molecule has 0 bridgehead atoms. The first-order valence-corrected chi connectivity index (χ1v) is 7.34. The molecule has 3 nitrogen and oxygen atoms in total. The number of carboxylic acid groups (broad SMARTS) is 1. The first-order chi connectivity index (χ1) is 10.2. The third-order valence-corrected chi connectivity index (χ3v) is 4.13. The van der Waals surface area contributed by atoms with E-state index in [1.807, 2.05) is 12.1 Å². The quantitative estimate of drug-likeness (QED) is 0.936. The maximum absolute atomic E-state index is 10.8. The van der Waals surface area contributed by atoms with Crippen molar-refractivity contribution in [3.05, 3.63) is 70.8 Å². The van der Waals surface area contributed by atoms with E-state index in [-0.39, 0.29) is 0 Å². The highest BCUT2D eigenvalue weighted by Gasteiger charge is 2.15. The van der Waals surface area contributed by atoms with Gasteiger partial charge in [0.1, 0.15) is 0 Å². The molecule has 0 amide bonds. The van der Waals surface area contributed by atoms with Gasteiger partial charge in [-0.25, -0.2) is 4.79 Å². The van der Waals surface area contributed by atoms with Crippen LogP contribution in [0.25, 0.3) is 0 Å². The molecule has 0 unspecified atom stereocenters. The molecule has 0 saturated carbocycles. The van der Waals surface area contributed by atoms with E-state index < -0.39 is 5.97 Å². The highest BCUT2D eigenvalue weighted by molar-refractivity contribution is 5.87. The number of hydrogen-bond donors (Lipinski definition) is 1. The van der Waals surface area contributed by atoms with Gasteiger partial charge >= 0.3 is 5.97 Å². The van der Waals surface area contributed by atoms with Gasteiger partial charge in [0.05, 0.1) is 5.56 Å². The average Bonchev–Trinajstić information content (AvgIpc) is 2.53. The highest BCUT2D eigenvalue weighted by atomic mass is 16.4. The summed E-state index contributed by atoms with van der Waals surface area (Å²) >= 11 is 0. The van der Waals surface area contributed by atoms with Gasteiger partial charge in [-0.05, 0) is 41.7 Å². The Bertz CT molecular complexity index is 634. The number of carbonyl (C=O) groups is 1. The van der Waals surface area contributed by atoms with Gasteiger partial charge in [-0.15, -0.1) is 0 Å². The zero-order chi connectivity index (χ0) is 14.7. The number of rotatable bonds is 4. The zero-order valence-corrected chi connectivity index (χ0v) is 12.0. The van der Waals surface area contributed by atoms with Gasteiger partial charge in [0.15, 0.2) is 0 Å². The molecule has 0 aliphatic carbocycles. The van der Waals surface area contributed by atoms with Gasteiger partial charge in [-0.3, -0.25) is 4.90 Å². The molecule has 1 aliphatic rings. The molecule has 0 spiro atoms. The Kier molecular flexibility index (Phi) is 4.02. The fourth-order valence-corrected chi connectivity index (χ4v) is 2.85. The van der Waals surface area contributed by atoms with E-state index >= 15 is 0 Å². The Morgan fingerprint density at radius 1 is 1.05 bits per heavy atom. The lowest BCUT2D eigenvalue weighted by Gasteiger charge is -2.28. The molecule has 108 valence electrons. The number of nitrogens with zero attached hydrogens (tertiary/aromatic N) is 1. The molecule has 1 heterocycles. The summed E-state index contributed by atoms with van der Waals surface area (Å²) in [6, 6.07) is 15.8. The second-order valence-electron chi connectivity index (χ2n) is 5.55. The van der Waals surface area contributed by atoms with Crippen molar-refractivity contribution in [2.24, 2.45) is 0 Å². The molecule has 0 radical (unpaired) electrons. The van der Waals surface area contributed by atoms with E-state index in [1.165, 1.54) is 16.7 Å².